The fraction of sp³-hybridized carbons (Fsp3) is 0.350. The van der Waals surface area contributed by atoms with Gasteiger partial charge in [0.1, 0.15) is 12.4 Å². The van der Waals surface area contributed by atoms with Crippen LogP contribution in [-0.2, 0) is 17.9 Å². The maximum atomic E-state index is 13.0. The van der Waals surface area contributed by atoms with Crippen LogP contribution in [0.15, 0.2) is 48.5 Å². The van der Waals surface area contributed by atoms with Crippen molar-refractivity contribution in [2.24, 2.45) is 0 Å². The van der Waals surface area contributed by atoms with Crippen LogP contribution < -0.4 is 5.32 Å². The molecule has 0 heterocycles. The predicted molar refractivity (Wildman–Crippen MR) is 97.0 cm³/mol. The largest absolute Gasteiger partial charge is 0.411 e. The lowest BCUT2D eigenvalue weighted by molar-refractivity contribution is -0.176. The van der Waals surface area contributed by atoms with Crippen molar-refractivity contribution in [2.75, 3.05) is 13.7 Å². The number of alkyl halides is 3. The fourth-order valence-electron chi connectivity index (χ4n) is 2.48. The van der Waals surface area contributed by atoms with E-state index in [9.17, 15) is 22.4 Å². The van der Waals surface area contributed by atoms with Crippen LogP contribution >= 0.6 is 0 Å². The van der Waals surface area contributed by atoms with Crippen LogP contribution in [0.5, 0.6) is 0 Å². The van der Waals surface area contributed by atoms with Gasteiger partial charge in [-0.1, -0.05) is 36.4 Å². The first-order valence-electron chi connectivity index (χ1n) is 8.64. The second-order valence-electron chi connectivity index (χ2n) is 6.42. The van der Waals surface area contributed by atoms with Crippen LogP contribution in [0, 0.1) is 5.82 Å². The number of amides is 2. The minimum atomic E-state index is -4.35. The van der Waals surface area contributed by atoms with Crippen molar-refractivity contribution in [3.05, 3.63) is 71.0 Å². The Morgan fingerprint density at radius 1 is 1.07 bits per heavy atom. The number of nitrogens with zero attached hydrogens (tertiary/aromatic N) is 1. The highest BCUT2D eigenvalue weighted by molar-refractivity contribution is 5.74. The summed E-state index contributed by atoms with van der Waals surface area (Å²) < 4.78 is 53.8. The van der Waals surface area contributed by atoms with Gasteiger partial charge in [-0.05, 0) is 35.7 Å². The first kappa shape index (κ1) is 21.7. The van der Waals surface area contributed by atoms with Crippen molar-refractivity contribution in [3.63, 3.8) is 0 Å². The summed E-state index contributed by atoms with van der Waals surface area (Å²) in [5, 5.41) is 2.78. The molecular weight excluding hydrogens is 376 g/mol. The van der Waals surface area contributed by atoms with Gasteiger partial charge in [0, 0.05) is 13.6 Å². The minimum Gasteiger partial charge on any atom is -0.367 e. The average Bonchev–Trinajstić information content (AvgIpc) is 2.65. The molecule has 1 N–H and O–H groups in total. The first-order valence-corrected chi connectivity index (χ1v) is 8.64. The van der Waals surface area contributed by atoms with Crippen molar-refractivity contribution in [3.8, 4) is 0 Å². The molecule has 0 spiro atoms. The number of hydrogen-bond donors (Lipinski definition) is 1. The van der Waals surface area contributed by atoms with Gasteiger partial charge in [-0.25, -0.2) is 9.18 Å². The van der Waals surface area contributed by atoms with E-state index in [0.29, 0.717) is 5.56 Å². The van der Waals surface area contributed by atoms with Gasteiger partial charge in [0.2, 0.25) is 0 Å². The molecule has 0 aliphatic heterocycles. The Kier molecular flexibility index (Phi) is 7.39. The minimum absolute atomic E-state index is 0.135. The molecule has 0 bridgehead atoms. The number of rotatable bonds is 7. The Morgan fingerprint density at radius 3 is 2.21 bits per heavy atom. The molecule has 0 aliphatic rings. The topological polar surface area (TPSA) is 41.6 Å². The molecule has 8 heteroatoms. The number of halogens is 4. The molecule has 2 amide bonds. The van der Waals surface area contributed by atoms with E-state index < -0.39 is 12.8 Å². The Labute approximate surface area is 161 Å². The number of nitrogens with one attached hydrogen (secondary N) is 1. The summed E-state index contributed by atoms with van der Waals surface area (Å²) in [5.41, 5.74) is 2.22. The molecule has 0 fully saturated rings. The maximum absolute atomic E-state index is 13.0. The van der Waals surface area contributed by atoms with Gasteiger partial charge in [0.25, 0.3) is 0 Å². The molecule has 1 unspecified atom stereocenters. The Hall–Kier alpha value is -2.61. The van der Waals surface area contributed by atoms with E-state index in [4.69, 9.17) is 0 Å². The summed E-state index contributed by atoms with van der Waals surface area (Å²) in [4.78, 5) is 13.8. The van der Waals surface area contributed by atoms with Crippen molar-refractivity contribution < 1.29 is 27.1 Å². The molecule has 4 nitrogen and oxygen atoms in total. The van der Waals surface area contributed by atoms with Gasteiger partial charge in [0.05, 0.1) is 12.6 Å². The third-order valence-corrected chi connectivity index (χ3v) is 4.25. The van der Waals surface area contributed by atoms with Crippen LogP contribution in [0.4, 0.5) is 22.4 Å². The van der Waals surface area contributed by atoms with Crippen LogP contribution in [0.25, 0.3) is 0 Å². The first-order chi connectivity index (χ1) is 13.2. The molecule has 1 atom stereocenters. The SMILES string of the molecule is CC(c1ccc(F)cc1)N(C)C(=O)NCc1ccc(COCC(F)(F)F)cc1. The van der Waals surface area contributed by atoms with Crippen molar-refractivity contribution in [2.45, 2.75) is 32.3 Å². The number of carbonyl (C=O) groups is 1. The van der Waals surface area contributed by atoms with E-state index in [0.717, 1.165) is 11.1 Å². The highest BCUT2D eigenvalue weighted by Gasteiger charge is 2.27. The van der Waals surface area contributed by atoms with Gasteiger partial charge < -0.3 is 15.0 Å². The van der Waals surface area contributed by atoms with Gasteiger partial charge in [0.15, 0.2) is 0 Å². The molecule has 0 aromatic heterocycles. The Balaban J connectivity index is 1.82. The number of ether oxygens (including phenoxy) is 1. The van der Waals surface area contributed by atoms with Crippen molar-refractivity contribution in [1.29, 1.82) is 0 Å². The second kappa shape index (κ2) is 9.54. The van der Waals surface area contributed by atoms with E-state index in [1.165, 1.54) is 17.0 Å². The summed E-state index contributed by atoms with van der Waals surface area (Å²) >= 11 is 0. The number of benzene rings is 2. The maximum Gasteiger partial charge on any atom is 0.411 e. The summed E-state index contributed by atoms with van der Waals surface area (Å²) in [6.45, 7) is 0.680. The lowest BCUT2D eigenvalue weighted by Gasteiger charge is -2.25. The standard InChI is InChI=1S/C20H22F4N2O2/c1-14(17-7-9-18(21)10-8-17)26(2)19(27)25-11-15-3-5-16(6-4-15)12-28-13-20(22,23)24/h3-10,14H,11-13H2,1-2H3,(H,25,27). The van der Waals surface area contributed by atoms with Gasteiger partial charge in [-0.3, -0.25) is 0 Å². The molecule has 2 aromatic carbocycles. The van der Waals surface area contributed by atoms with Crippen LogP contribution in [-0.4, -0.2) is 30.8 Å². The van der Waals surface area contributed by atoms with Gasteiger partial charge in [-0.2, -0.15) is 13.2 Å². The van der Waals surface area contributed by atoms with Crippen LogP contribution in [0.1, 0.15) is 29.7 Å². The third-order valence-electron chi connectivity index (χ3n) is 4.25. The van der Waals surface area contributed by atoms with E-state index in [2.05, 4.69) is 10.1 Å². The molecule has 0 radical (unpaired) electrons. The van der Waals surface area contributed by atoms with E-state index in [1.54, 1.807) is 43.4 Å². The van der Waals surface area contributed by atoms with Crippen LogP contribution in [0.3, 0.4) is 0 Å². The predicted octanol–water partition coefficient (Wildman–Crippen LogP) is 4.81. The van der Waals surface area contributed by atoms with E-state index >= 15 is 0 Å². The molecular formula is C20H22F4N2O2. The molecule has 2 rings (SSSR count). The summed E-state index contributed by atoms with van der Waals surface area (Å²) in [6.07, 6.45) is -4.35. The molecule has 0 saturated carbocycles. The molecule has 0 saturated heterocycles. The summed E-state index contributed by atoms with van der Waals surface area (Å²) in [5.74, 6) is -0.338. The summed E-state index contributed by atoms with van der Waals surface area (Å²) in [7, 11) is 1.64. The average molecular weight is 398 g/mol. The van der Waals surface area contributed by atoms with E-state index in [-0.39, 0.29) is 31.0 Å². The fourth-order valence-corrected chi connectivity index (χ4v) is 2.48. The highest BCUT2D eigenvalue weighted by Crippen LogP contribution is 2.19. The second-order valence-corrected chi connectivity index (χ2v) is 6.42. The lowest BCUT2D eigenvalue weighted by atomic mass is 10.1. The van der Waals surface area contributed by atoms with Crippen LogP contribution in [0.2, 0.25) is 0 Å². The van der Waals surface area contributed by atoms with Gasteiger partial charge >= 0.3 is 12.2 Å². The monoisotopic (exact) mass is 398 g/mol. The quantitative estimate of drug-likeness (QED) is 0.681. The number of carbonyl (C=O) groups excluding carboxylic acids is 1. The van der Waals surface area contributed by atoms with Crippen molar-refractivity contribution in [1.82, 2.24) is 10.2 Å². The lowest BCUT2D eigenvalue weighted by Crippen LogP contribution is -2.38. The number of hydrogen-bond acceptors (Lipinski definition) is 2. The Bertz CT molecular complexity index is 761. The zero-order valence-corrected chi connectivity index (χ0v) is 15.6. The molecule has 28 heavy (non-hydrogen) atoms. The molecule has 152 valence electrons. The normalized spacial score (nSPS) is 12.5. The van der Waals surface area contributed by atoms with E-state index in [1.807, 2.05) is 6.92 Å². The zero-order valence-electron chi connectivity index (χ0n) is 15.6. The third kappa shape index (κ3) is 6.84. The number of urea groups is 1. The van der Waals surface area contributed by atoms with Gasteiger partial charge in [-0.15, -0.1) is 0 Å². The zero-order chi connectivity index (χ0) is 20.7. The smallest absolute Gasteiger partial charge is 0.367 e. The molecule has 2 aromatic rings. The summed E-state index contributed by atoms with van der Waals surface area (Å²) in [6, 6.07) is 12.2. The molecule has 0 aliphatic carbocycles. The Morgan fingerprint density at radius 2 is 1.64 bits per heavy atom. The highest BCUT2D eigenvalue weighted by atomic mass is 19.4. The van der Waals surface area contributed by atoms with Crippen molar-refractivity contribution >= 4 is 6.03 Å².